The van der Waals surface area contributed by atoms with Gasteiger partial charge >= 0.3 is 0 Å². The number of halogens is 1. The van der Waals surface area contributed by atoms with Crippen molar-refractivity contribution in [3.05, 3.63) is 64.1 Å². The van der Waals surface area contributed by atoms with Crippen molar-refractivity contribution < 1.29 is 9.59 Å². The molecule has 0 aliphatic heterocycles. The van der Waals surface area contributed by atoms with Crippen LogP contribution in [-0.4, -0.2) is 23.3 Å². The molecule has 2 aromatic rings. The first kappa shape index (κ1) is 18.2. The third kappa shape index (κ3) is 5.20. The normalized spacial score (nSPS) is 10.3. The maximum Gasteiger partial charge on any atom is 0.226 e. The van der Waals surface area contributed by atoms with Gasteiger partial charge < -0.3 is 10.2 Å². The van der Waals surface area contributed by atoms with Gasteiger partial charge in [-0.05, 0) is 46.1 Å². The molecule has 0 atom stereocenters. The second-order valence-corrected chi connectivity index (χ2v) is 6.50. The van der Waals surface area contributed by atoms with Gasteiger partial charge in [0.25, 0.3) is 0 Å². The predicted molar refractivity (Wildman–Crippen MR) is 99.7 cm³/mol. The zero-order chi connectivity index (χ0) is 17.5. The summed E-state index contributed by atoms with van der Waals surface area (Å²) in [6.07, 6.45) is 0.257. The Balaban J connectivity index is 1.94. The summed E-state index contributed by atoms with van der Waals surface area (Å²) < 4.78 is 0.835. The van der Waals surface area contributed by atoms with Gasteiger partial charge in [-0.3, -0.25) is 9.59 Å². The van der Waals surface area contributed by atoms with Crippen molar-refractivity contribution in [1.82, 2.24) is 4.90 Å². The maximum absolute atomic E-state index is 12.1. The standard InChI is InChI=1S/C19H21BrN2O2/c1-14-7-3-4-8-16(14)13-22(15(2)23)12-11-19(24)21-18-10-6-5-9-17(18)20/h3-10H,11-13H2,1-2H3,(H,21,24). The third-order valence-electron chi connectivity index (χ3n) is 3.82. The number of anilines is 1. The number of aryl methyl sites for hydroxylation is 1. The van der Waals surface area contributed by atoms with Gasteiger partial charge in [0.2, 0.25) is 11.8 Å². The molecule has 0 fully saturated rings. The Morgan fingerprint density at radius 3 is 2.42 bits per heavy atom. The minimum absolute atomic E-state index is 0.0352. The Morgan fingerprint density at radius 2 is 1.75 bits per heavy atom. The van der Waals surface area contributed by atoms with Crippen LogP contribution in [-0.2, 0) is 16.1 Å². The second kappa shape index (κ2) is 8.64. The summed E-state index contributed by atoms with van der Waals surface area (Å²) in [6, 6.07) is 15.4. The molecule has 0 radical (unpaired) electrons. The number of carbonyl (C=O) groups excluding carboxylic acids is 2. The molecule has 126 valence electrons. The van der Waals surface area contributed by atoms with Crippen LogP contribution in [0.15, 0.2) is 53.0 Å². The Hall–Kier alpha value is -2.14. The van der Waals surface area contributed by atoms with E-state index in [0.29, 0.717) is 13.1 Å². The first-order chi connectivity index (χ1) is 11.5. The SMILES string of the molecule is CC(=O)N(CCC(=O)Nc1ccccc1Br)Cc1ccccc1C. The molecule has 0 aromatic heterocycles. The molecule has 0 saturated carbocycles. The van der Waals surface area contributed by atoms with Gasteiger partial charge in [-0.25, -0.2) is 0 Å². The molecule has 0 heterocycles. The van der Waals surface area contributed by atoms with Gasteiger partial charge in [0.05, 0.1) is 5.69 Å². The van der Waals surface area contributed by atoms with E-state index >= 15 is 0 Å². The minimum Gasteiger partial charge on any atom is -0.338 e. The second-order valence-electron chi connectivity index (χ2n) is 5.65. The summed E-state index contributed by atoms with van der Waals surface area (Å²) in [6.45, 7) is 4.46. The van der Waals surface area contributed by atoms with Gasteiger partial charge in [0.1, 0.15) is 0 Å². The molecular weight excluding hydrogens is 368 g/mol. The smallest absolute Gasteiger partial charge is 0.226 e. The number of para-hydroxylation sites is 1. The summed E-state index contributed by atoms with van der Waals surface area (Å²) in [5, 5.41) is 2.86. The van der Waals surface area contributed by atoms with Crippen molar-refractivity contribution in [3.63, 3.8) is 0 Å². The quantitative estimate of drug-likeness (QED) is 0.808. The van der Waals surface area contributed by atoms with Crippen molar-refractivity contribution >= 4 is 33.4 Å². The molecule has 5 heteroatoms. The molecule has 4 nitrogen and oxygen atoms in total. The first-order valence-electron chi connectivity index (χ1n) is 7.82. The third-order valence-corrected chi connectivity index (χ3v) is 4.52. The Kier molecular flexibility index (Phi) is 6.55. The molecular formula is C19H21BrN2O2. The molecule has 0 saturated heterocycles. The van der Waals surface area contributed by atoms with E-state index in [-0.39, 0.29) is 18.2 Å². The fraction of sp³-hybridized carbons (Fsp3) is 0.263. The fourth-order valence-corrected chi connectivity index (χ4v) is 2.74. The number of amides is 2. The van der Waals surface area contributed by atoms with E-state index in [1.165, 1.54) is 6.92 Å². The van der Waals surface area contributed by atoms with Crippen LogP contribution < -0.4 is 5.32 Å². The summed E-state index contributed by atoms with van der Waals surface area (Å²) in [4.78, 5) is 25.7. The summed E-state index contributed by atoms with van der Waals surface area (Å²) >= 11 is 3.40. The van der Waals surface area contributed by atoms with Gasteiger partial charge in [-0.2, -0.15) is 0 Å². The van der Waals surface area contributed by atoms with Gasteiger partial charge in [0, 0.05) is 30.9 Å². The largest absolute Gasteiger partial charge is 0.338 e. The lowest BCUT2D eigenvalue weighted by molar-refractivity contribution is -0.129. The van der Waals surface area contributed by atoms with E-state index in [4.69, 9.17) is 0 Å². The lowest BCUT2D eigenvalue weighted by Crippen LogP contribution is -2.31. The zero-order valence-electron chi connectivity index (χ0n) is 13.9. The first-order valence-corrected chi connectivity index (χ1v) is 8.61. The van der Waals surface area contributed by atoms with E-state index in [2.05, 4.69) is 21.2 Å². The minimum atomic E-state index is -0.113. The number of rotatable bonds is 6. The molecule has 2 rings (SSSR count). The number of nitrogens with one attached hydrogen (secondary N) is 1. The molecule has 2 aromatic carbocycles. The number of hydrogen-bond donors (Lipinski definition) is 1. The highest BCUT2D eigenvalue weighted by atomic mass is 79.9. The lowest BCUT2D eigenvalue weighted by Gasteiger charge is -2.22. The van der Waals surface area contributed by atoms with E-state index < -0.39 is 0 Å². The fourth-order valence-electron chi connectivity index (χ4n) is 2.35. The average molecular weight is 389 g/mol. The Morgan fingerprint density at radius 1 is 1.08 bits per heavy atom. The van der Waals surface area contributed by atoms with Crippen molar-refractivity contribution in [3.8, 4) is 0 Å². The monoisotopic (exact) mass is 388 g/mol. The molecule has 2 amide bonds. The van der Waals surface area contributed by atoms with Crippen molar-refractivity contribution in [2.45, 2.75) is 26.8 Å². The van der Waals surface area contributed by atoms with Crippen LogP contribution in [0.2, 0.25) is 0 Å². The lowest BCUT2D eigenvalue weighted by atomic mass is 10.1. The van der Waals surface area contributed by atoms with E-state index in [1.807, 2.05) is 55.5 Å². The Labute approximate surface area is 151 Å². The van der Waals surface area contributed by atoms with E-state index in [9.17, 15) is 9.59 Å². The van der Waals surface area contributed by atoms with Crippen LogP contribution >= 0.6 is 15.9 Å². The van der Waals surface area contributed by atoms with Crippen LogP contribution in [0.5, 0.6) is 0 Å². The van der Waals surface area contributed by atoms with Crippen LogP contribution in [0.1, 0.15) is 24.5 Å². The molecule has 0 aliphatic carbocycles. The van der Waals surface area contributed by atoms with Crippen LogP contribution in [0.4, 0.5) is 5.69 Å². The number of nitrogens with zero attached hydrogens (tertiary/aromatic N) is 1. The molecule has 0 aliphatic rings. The number of benzene rings is 2. The topological polar surface area (TPSA) is 49.4 Å². The van der Waals surface area contributed by atoms with Crippen LogP contribution in [0.25, 0.3) is 0 Å². The van der Waals surface area contributed by atoms with Gasteiger partial charge in [-0.1, -0.05) is 36.4 Å². The molecule has 0 spiro atoms. The average Bonchev–Trinajstić information content (AvgIpc) is 2.55. The van der Waals surface area contributed by atoms with Crippen molar-refractivity contribution in [2.24, 2.45) is 0 Å². The molecule has 0 unspecified atom stereocenters. The highest BCUT2D eigenvalue weighted by molar-refractivity contribution is 9.10. The van der Waals surface area contributed by atoms with Gasteiger partial charge in [0.15, 0.2) is 0 Å². The van der Waals surface area contributed by atoms with Crippen LogP contribution in [0.3, 0.4) is 0 Å². The summed E-state index contributed by atoms with van der Waals surface area (Å²) in [7, 11) is 0. The maximum atomic E-state index is 12.1. The molecule has 24 heavy (non-hydrogen) atoms. The zero-order valence-corrected chi connectivity index (χ0v) is 15.5. The predicted octanol–water partition coefficient (Wildman–Crippen LogP) is 4.13. The highest BCUT2D eigenvalue weighted by Crippen LogP contribution is 2.21. The molecule has 1 N–H and O–H groups in total. The van der Waals surface area contributed by atoms with E-state index in [1.54, 1.807) is 4.90 Å². The van der Waals surface area contributed by atoms with Crippen molar-refractivity contribution in [2.75, 3.05) is 11.9 Å². The molecule has 0 bridgehead atoms. The Bertz CT molecular complexity index is 731. The number of carbonyl (C=O) groups is 2. The van der Waals surface area contributed by atoms with Crippen LogP contribution in [0, 0.1) is 6.92 Å². The number of hydrogen-bond acceptors (Lipinski definition) is 2. The van der Waals surface area contributed by atoms with E-state index in [0.717, 1.165) is 21.3 Å². The van der Waals surface area contributed by atoms with Crippen molar-refractivity contribution in [1.29, 1.82) is 0 Å². The van der Waals surface area contributed by atoms with Gasteiger partial charge in [-0.15, -0.1) is 0 Å². The summed E-state index contributed by atoms with van der Waals surface area (Å²) in [5.41, 5.74) is 2.97. The highest BCUT2D eigenvalue weighted by Gasteiger charge is 2.13. The summed E-state index contributed by atoms with van der Waals surface area (Å²) in [5.74, 6) is -0.148.